The molecule has 106 valence electrons. The van der Waals surface area contributed by atoms with Crippen molar-refractivity contribution in [3.63, 3.8) is 0 Å². The molecule has 0 saturated heterocycles. The Morgan fingerprint density at radius 2 is 1.63 bits per heavy atom. The van der Waals surface area contributed by atoms with Crippen LogP contribution in [0.1, 0.15) is 50.1 Å². The molecule has 1 unspecified atom stereocenters. The molecule has 0 bridgehead atoms. The van der Waals surface area contributed by atoms with E-state index in [1.807, 2.05) is 0 Å². The maximum absolute atomic E-state index is 5.82. The van der Waals surface area contributed by atoms with Crippen molar-refractivity contribution in [2.75, 3.05) is 19.0 Å². The molecule has 1 aliphatic carbocycles. The number of hydrogen-bond acceptors (Lipinski definition) is 3. The van der Waals surface area contributed by atoms with Gasteiger partial charge in [0.2, 0.25) is 0 Å². The fraction of sp³-hybridized carbons (Fsp3) is 0.625. The normalized spacial score (nSPS) is 18.9. The Balaban J connectivity index is 2.11. The molecule has 1 saturated carbocycles. The Hall–Kier alpha value is -1.06. The summed E-state index contributed by atoms with van der Waals surface area (Å²) in [5, 5.41) is 0. The molecule has 2 rings (SSSR count). The minimum absolute atomic E-state index is 0.300. The van der Waals surface area contributed by atoms with E-state index >= 15 is 0 Å². The van der Waals surface area contributed by atoms with Crippen LogP contribution in [0.15, 0.2) is 24.3 Å². The molecule has 3 heteroatoms. The highest BCUT2D eigenvalue weighted by Gasteiger charge is 2.23. The number of rotatable bonds is 4. The molecule has 0 aromatic heterocycles. The maximum Gasteiger partial charge on any atom is 0.0488 e. The van der Waals surface area contributed by atoms with E-state index in [1.54, 1.807) is 0 Å². The van der Waals surface area contributed by atoms with E-state index in [1.165, 1.54) is 49.8 Å². The number of benzene rings is 1. The lowest BCUT2D eigenvalue weighted by atomic mass is 9.87. The molecule has 19 heavy (non-hydrogen) atoms. The molecule has 3 N–H and O–H groups in total. The van der Waals surface area contributed by atoms with Crippen LogP contribution in [-0.2, 0) is 0 Å². The van der Waals surface area contributed by atoms with Crippen molar-refractivity contribution < 1.29 is 0 Å². The van der Waals surface area contributed by atoms with Gasteiger partial charge in [-0.25, -0.2) is 0 Å². The van der Waals surface area contributed by atoms with Gasteiger partial charge in [0.15, 0.2) is 0 Å². The van der Waals surface area contributed by atoms with E-state index in [9.17, 15) is 0 Å². The van der Waals surface area contributed by atoms with Gasteiger partial charge in [0.1, 0.15) is 0 Å². The Labute approximate surface area is 117 Å². The Morgan fingerprint density at radius 3 is 2.11 bits per heavy atom. The first-order chi connectivity index (χ1) is 9.22. The zero-order valence-electron chi connectivity index (χ0n) is 12.2. The standard InChI is InChI=1S/C16H27N3/c1-19(2)15-11-9-14(10-12-15)16(18-17)13-7-5-3-4-6-8-13/h9-13,16,18H,3-8,17H2,1-2H3. The van der Waals surface area contributed by atoms with Crippen LogP contribution >= 0.6 is 0 Å². The molecular formula is C16H27N3. The summed E-state index contributed by atoms with van der Waals surface area (Å²) in [4.78, 5) is 2.13. The number of nitrogens with one attached hydrogen (secondary N) is 1. The molecule has 0 aliphatic heterocycles. The van der Waals surface area contributed by atoms with Crippen LogP contribution in [0.25, 0.3) is 0 Å². The molecule has 0 amide bonds. The molecule has 3 nitrogen and oxygen atoms in total. The van der Waals surface area contributed by atoms with Crippen molar-refractivity contribution in [1.29, 1.82) is 0 Å². The molecule has 0 heterocycles. The predicted octanol–water partition coefficient (Wildman–Crippen LogP) is 3.23. The third kappa shape index (κ3) is 3.71. The topological polar surface area (TPSA) is 41.3 Å². The van der Waals surface area contributed by atoms with Gasteiger partial charge in [-0.15, -0.1) is 0 Å². The van der Waals surface area contributed by atoms with E-state index in [0.717, 1.165) is 0 Å². The van der Waals surface area contributed by atoms with E-state index in [4.69, 9.17) is 5.84 Å². The maximum atomic E-state index is 5.82. The van der Waals surface area contributed by atoms with Crippen molar-refractivity contribution in [3.05, 3.63) is 29.8 Å². The number of hydrogen-bond donors (Lipinski definition) is 2. The average Bonchev–Trinajstić information content (AvgIpc) is 2.69. The SMILES string of the molecule is CN(C)c1ccc(C(NN)C2CCCCCC2)cc1. The van der Waals surface area contributed by atoms with Crippen molar-refractivity contribution in [3.8, 4) is 0 Å². The van der Waals surface area contributed by atoms with Gasteiger partial charge in [-0.05, 0) is 36.5 Å². The molecule has 1 aromatic rings. The van der Waals surface area contributed by atoms with Crippen LogP contribution in [0.3, 0.4) is 0 Å². The number of nitrogens with zero attached hydrogens (tertiary/aromatic N) is 1. The van der Waals surface area contributed by atoms with E-state index < -0.39 is 0 Å². The largest absolute Gasteiger partial charge is 0.378 e. The first-order valence-corrected chi connectivity index (χ1v) is 7.46. The summed E-state index contributed by atoms with van der Waals surface area (Å²) in [5.74, 6) is 6.50. The van der Waals surface area contributed by atoms with Crippen molar-refractivity contribution in [1.82, 2.24) is 5.43 Å². The van der Waals surface area contributed by atoms with Gasteiger partial charge in [-0.3, -0.25) is 11.3 Å². The Kier molecular flexibility index (Phi) is 5.23. The zero-order valence-corrected chi connectivity index (χ0v) is 12.2. The molecule has 1 atom stereocenters. The first-order valence-electron chi connectivity index (χ1n) is 7.46. The minimum Gasteiger partial charge on any atom is -0.378 e. The second-order valence-corrected chi connectivity index (χ2v) is 5.88. The summed E-state index contributed by atoms with van der Waals surface area (Å²) in [5.41, 5.74) is 5.61. The molecular weight excluding hydrogens is 234 g/mol. The van der Waals surface area contributed by atoms with Crippen LogP contribution in [0, 0.1) is 5.92 Å². The average molecular weight is 261 g/mol. The van der Waals surface area contributed by atoms with Crippen LogP contribution in [0.5, 0.6) is 0 Å². The van der Waals surface area contributed by atoms with E-state index in [-0.39, 0.29) is 0 Å². The van der Waals surface area contributed by atoms with Gasteiger partial charge in [0.05, 0.1) is 0 Å². The number of nitrogens with two attached hydrogens (primary N) is 1. The van der Waals surface area contributed by atoms with Crippen LogP contribution < -0.4 is 16.2 Å². The Bertz CT molecular complexity index is 364. The lowest BCUT2D eigenvalue weighted by molar-refractivity contribution is 0.329. The molecule has 0 spiro atoms. The first kappa shape index (κ1) is 14.4. The van der Waals surface area contributed by atoms with Gasteiger partial charge >= 0.3 is 0 Å². The molecule has 0 radical (unpaired) electrons. The summed E-state index contributed by atoms with van der Waals surface area (Å²) in [6.07, 6.45) is 8.05. The minimum atomic E-state index is 0.300. The van der Waals surface area contributed by atoms with Gasteiger partial charge in [-0.2, -0.15) is 0 Å². The summed E-state index contributed by atoms with van der Waals surface area (Å²) in [6, 6.07) is 9.08. The lowest BCUT2D eigenvalue weighted by Gasteiger charge is -2.26. The summed E-state index contributed by atoms with van der Waals surface area (Å²) < 4.78 is 0. The van der Waals surface area contributed by atoms with Crippen molar-refractivity contribution in [2.45, 2.75) is 44.6 Å². The predicted molar refractivity (Wildman–Crippen MR) is 82.0 cm³/mol. The Morgan fingerprint density at radius 1 is 1.05 bits per heavy atom. The number of anilines is 1. The fourth-order valence-corrected chi connectivity index (χ4v) is 3.13. The third-order valence-electron chi connectivity index (χ3n) is 4.32. The zero-order chi connectivity index (χ0) is 13.7. The highest BCUT2D eigenvalue weighted by atomic mass is 15.2. The smallest absolute Gasteiger partial charge is 0.0488 e. The summed E-state index contributed by atoms with van der Waals surface area (Å²) >= 11 is 0. The van der Waals surface area contributed by atoms with E-state index in [2.05, 4.69) is 48.7 Å². The van der Waals surface area contributed by atoms with Gasteiger partial charge in [-0.1, -0.05) is 37.8 Å². The second-order valence-electron chi connectivity index (χ2n) is 5.88. The number of hydrazine groups is 1. The van der Waals surface area contributed by atoms with Gasteiger partial charge < -0.3 is 4.90 Å². The monoisotopic (exact) mass is 261 g/mol. The van der Waals surface area contributed by atoms with Gasteiger partial charge in [0.25, 0.3) is 0 Å². The quantitative estimate of drug-likeness (QED) is 0.497. The summed E-state index contributed by atoms with van der Waals surface area (Å²) in [7, 11) is 4.14. The van der Waals surface area contributed by atoms with Crippen LogP contribution in [0.4, 0.5) is 5.69 Å². The van der Waals surface area contributed by atoms with Crippen molar-refractivity contribution in [2.24, 2.45) is 11.8 Å². The van der Waals surface area contributed by atoms with E-state index in [0.29, 0.717) is 12.0 Å². The van der Waals surface area contributed by atoms with Crippen LogP contribution in [-0.4, -0.2) is 14.1 Å². The summed E-state index contributed by atoms with van der Waals surface area (Å²) in [6.45, 7) is 0. The van der Waals surface area contributed by atoms with Gasteiger partial charge in [0, 0.05) is 25.8 Å². The third-order valence-corrected chi connectivity index (χ3v) is 4.32. The lowest BCUT2D eigenvalue weighted by Crippen LogP contribution is -2.33. The molecule has 1 aliphatic rings. The highest BCUT2D eigenvalue weighted by molar-refractivity contribution is 5.46. The fourth-order valence-electron chi connectivity index (χ4n) is 3.13. The second kappa shape index (κ2) is 6.92. The molecule has 1 fully saturated rings. The molecule has 1 aromatic carbocycles. The highest BCUT2D eigenvalue weighted by Crippen LogP contribution is 2.33. The van der Waals surface area contributed by atoms with Crippen LogP contribution in [0.2, 0.25) is 0 Å². The van der Waals surface area contributed by atoms with Crippen molar-refractivity contribution >= 4 is 5.69 Å².